The van der Waals surface area contributed by atoms with Gasteiger partial charge in [0, 0.05) is 13.1 Å². The van der Waals surface area contributed by atoms with Crippen LogP contribution in [0.25, 0.3) is 0 Å². The van der Waals surface area contributed by atoms with E-state index in [2.05, 4.69) is 10.4 Å². The van der Waals surface area contributed by atoms with Gasteiger partial charge in [0.15, 0.2) is 5.69 Å². The Morgan fingerprint density at radius 3 is 2.53 bits per heavy atom. The number of benzene rings is 2. The molecular weight excluding hydrogens is 380 g/mol. The summed E-state index contributed by atoms with van der Waals surface area (Å²) >= 11 is 0. The number of methoxy groups -OCH3 is 1. The fraction of sp³-hybridized carbons (Fsp3) is 0.261. The first-order valence-electron chi connectivity index (χ1n) is 9.92. The van der Waals surface area contributed by atoms with Crippen molar-refractivity contribution < 1.29 is 14.3 Å². The molecule has 4 rings (SSSR count). The Kier molecular flexibility index (Phi) is 5.79. The predicted molar refractivity (Wildman–Crippen MR) is 112 cm³/mol. The lowest BCUT2D eigenvalue weighted by molar-refractivity contribution is -0.132. The molecule has 0 atom stereocenters. The van der Waals surface area contributed by atoms with Gasteiger partial charge < -0.3 is 15.0 Å². The van der Waals surface area contributed by atoms with Crippen LogP contribution in [0.4, 0.5) is 0 Å². The lowest BCUT2D eigenvalue weighted by Crippen LogP contribution is -2.39. The number of nitrogens with one attached hydrogen (secondary N) is 1. The Morgan fingerprint density at radius 1 is 1.03 bits per heavy atom. The van der Waals surface area contributed by atoms with Crippen LogP contribution in [0.1, 0.15) is 27.3 Å². The molecule has 30 heavy (non-hydrogen) atoms. The van der Waals surface area contributed by atoms with E-state index >= 15 is 0 Å². The van der Waals surface area contributed by atoms with Crippen LogP contribution >= 0.6 is 0 Å². The van der Waals surface area contributed by atoms with E-state index in [1.165, 1.54) is 0 Å². The van der Waals surface area contributed by atoms with Crippen LogP contribution in [0.5, 0.6) is 5.75 Å². The molecule has 0 bridgehead atoms. The summed E-state index contributed by atoms with van der Waals surface area (Å²) in [6.45, 7) is 2.06. The molecule has 0 radical (unpaired) electrons. The Balaban J connectivity index is 1.36. The molecule has 0 spiro atoms. The Labute approximate surface area is 175 Å². The minimum absolute atomic E-state index is 0.0581. The maximum Gasteiger partial charge on any atom is 0.272 e. The summed E-state index contributed by atoms with van der Waals surface area (Å²) in [4.78, 5) is 27.0. The number of aromatic nitrogens is 2. The van der Waals surface area contributed by atoms with Crippen molar-refractivity contribution >= 4 is 11.8 Å². The van der Waals surface area contributed by atoms with Crippen LogP contribution in [0.15, 0.2) is 60.7 Å². The largest absolute Gasteiger partial charge is 0.497 e. The van der Waals surface area contributed by atoms with Crippen molar-refractivity contribution in [2.45, 2.75) is 26.1 Å². The van der Waals surface area contributed by atoms with Crippen molar-refractivity contribution in [3.63, 3.8) is 0 Å². The van der Waals surface area contributed by atoms with Gasteiger partial charge in [-0.1, -0.05) is 42.5 Å². The molecule has 0 fully saturated rings. The van der Waals surface area contributed by atoms with E-state index in [-0.39, 0.29) is 11.8 Å². The number of ether oxygens (including phenoxy) is 1. The Morgan fingerprint density at radius 2 is 1.80 bits per heavy atom. The molecule has 1 aliphatic heterocycles. The molecule has 7 nitrogen and oxygen atoms in total. The van der Waals surface area contributed by atoms with E-state index in [4.69, 9.17) is 4.74 Å². The van der Waals surface area contributed by atoms with Crippen LogP contribution in [0.3, 0.4) is 0 Å². The number of rotatable bonds is 6. The lowest BCUT2D eigenvalue weighted by atomic mass is 10.1. The molecule has 0 saturated carbocycles. The summed E-state index contributed by atoms with van der Waals surface area (Å²) in [5.41, 5.74) is 3.23. The molecule has 1 aliphatic rings. The molecule has 0 aliphatic carbocycles. The van der Waals surface area contributed by atoms with E-state index in [0.717, 1.165) is 22.6 Å². The van der Waals surface area contributed by atoms with Crippen LogP contribution in [-0.2, 0) is 30.8 Å². The number of hydrogen-bond donors (Lipinski definition) is 1. The highest BCUT2D eigenvalue weighted by molar-refractivity contribution is 5.92. The highest BCUT2D eigenvalue weighted by Gasteiger charge is 2.24. The number of amides is 2. The molecule has 1 aromatic heterocycles. The number of carbonyl (C=O) groups is 2. The number of fused-ring (bicyclic) bond motifs is 1. The molecule has 7 heteroatoms. The fourth-order valence-electron chi connectivity index (χ4n) is 3.49. The lowest BCUT2D eigenvalue weighted by Gasteiger charge is -2.27. The Hall–Kier alpha value is -3.61. The highest BCUT2D eigenvalue weighted by atomic mass is 16.5. The van der Waals surface area contributed by atoms with Gasteiger partial charge in [-0.15, -0.1) is 0 Å². The summed E-state index contributed by atoms with van der Waals surface area (Å²) in [5.74, 6) is 0.616. The van der Waals surface area contributed by atoms with Gasteiger partial charge in [-0.05, 0) is 29.3 Å². The van der Waals surface area contributed by atoms with Crippen molar-refractivity contribution in [3.8, 4) is 5.75 Å². The van der Waals surface area contributed by atoms with Crippen molar-refractivity contribution in [1.82, 2.24) is 20.0 Å². The molecule has 154 valence electrons. The average molecular weight is 404 g/mol. The second-order valence-electron chi connectivity index (χ2n) is 7.25. The van der Waals surface area contributed by atoms with E-state index in [1.807, 2.05) is 64.2 Å². The first-order valence-corrected chi connectivity index (χ1v) is 9.92. The van der Waals surface area contributed by atoms with Gasteiger partial charge in [-0.25, -0.2) is 0 Å². The average Bonchev–Trinajstić information content (AvgIpc) is 3.22. The zero-order valence-corrected chi connectivity index (χ0v) is 16.9. The van der Waals surface area contributed by atoms with Crippen molar-refractivity contribution in [3.05, 3.63) is 83.2 Å². The van der Waals surface area contributed by atoms with Gasteiger partial charge in [0.25, 0.3) is 5.91 Å². The number of nitrogens with zero attached hydrogens (tertiary/aromatic N) is 3. The zero-order chi connectivity index (χ0) is 20.9. The van der Waals surface area contributed by atoms with Gasteiger partial charge in [-0.3, -0.25) is 14.3 Å². The van der Waals surface area contributed by atoms with Gasteiger partial charge in [-0.2, -0.15) is 5.10 Å². The molecule has 2 amide bonds. The maximum absolute atomic E-state index is 12.7. The molecular formula is C23H24N4O3. The van der Waals surface area contributed by atoms with E-state index in [0.29, 0.717) is 38.3 Å². The molecule has 3 aromatic rings. The molecule has 2 aromatic carbocycles. The minimum Gasteiger partial charge on any atom is -0.497 e. The van der Waals surface area contributed by atoms with E-state index < -0.39 is 0 Å². The van der Waals surface area contributed by atoms with Gasteiger partial charge in [0.05, 0.1) is 32.3 Å². The van der Waals surface area contributed by atoms with Crippen LogP contribution in [0, 0.1) is 0 Å². The van der Waals surface area contributed by atoms with Crippen molar-refractivity contribution in [1.29, 1.82) is 0 Å². The second-order valence-corrected chi connectivity index (χ2v) is 7.25. The molecule has 1 N–H and O–H groups in total. The standard InChI is InChI=1S/C23H24N4O3/c1-30-20-9-7-17(8-10-20)13-22(28)26-11-12-27-19(16-26)14-21(25-27)23(29)24-15-18-5-3-2-4-6-18/h2-10,14H,11-13,15-16H2,1H3,(H,24,29). The summed E-state index contributed by atoms with van der Waals surface area (Å²) in [7, 11) is 1.62. The summed E-state index contributed by atoms with van der Waals surface area (Å²) in [5, 5.41) is 7.31. The third-order valence-corrected chi connectivity index (χ3v) is 5.19. The summed E-state index contributed by atoms with van der Waals surface area (Å²) < 4.78 is 6.97. The predicted octanol–water partition coefficient (Wildman–Crippen LogP) is 2.41. The highest BCUT2D eigenvalue weighted by Crippen LogP contribution is 2.17. The van der Waals surface area contributed by atoms with Gasteiger partial charge in [0.1, 0.15) is 5.75 Å². The molecule has 2 heterocycles. The number of carbonyl (C=O) groups excluding carboxylic acids is 2. The SMILES string of the molecule is COc1ccc(CC(=O)N2CCn3nc(C(=O)NCc4ccccc4)cc3C2)cc1. The number of hydrogen-bond acceptors (Lipinski definition) is 4. The van der Waals surface area contributed by atoms with E-state index in [1.54, 1.807) is 13.2 Å². The summed E-state index contributed by atoms with van der Waals surface area (Å²) in [6.07, 6.45) is 0.336. The van der Waals surface area contributed by atoms with Crippen LogP contribution in [-0.4, -0.2) is 40.1 Å². The van der Waals surface area contributed by atoms with Crippen molar-refractivity contribution in [2.24, 2.45) is 0 Å². The second kappa shape index (κ2) is 8.82. The van der Waals surface area contributed by atoms with E-state index in [9.17, 15) is 9.59 Å². The zero-order valence-electron chi connectivity index (χ0n) is 16.9. The van der Waals surface area contributed by atoms with Gasteiger partial charge >= 0.3 is 0 Å². The smallest absolute Gasteiger partial charge is 0.272 e. The third kappa shape index (κ3) is 4.51. The quantitative estimate of drug-likeness (QED) is 0.685. The minimum atomic E-state index is -0.211. The first-order chi connectivity index (χ1) is 14.6. The van der Waals surface area contributed by atoms with Gasteiger partial charge in [0.2, 0.25) is 5.91 Å². The third-order valence-electron chi connectivity index (χ3n) is 5.19. The summed E-state index contributed by atoms with van der Waals surface area (Å²) in [6, 6.07) is 19.0. The van der Waals surface area contributed by atoms with Crippen LogP contribution in [0.2, 0.25) is 0 Å². The van der Waals surface area contributed by atoms with Crippen molar-refractivity contribution in [2.75, 3.05) is 13.7 Å². The Bertz CT molecular complexity index is 1030. The molecule has 0 saturated heterocycles. The van der Waals surface area contributed by atoms with Crippen LogP contribution < -0.4 is 10.1 Å². The fourth-order valence-corrected chi connectivity index (χ4v) is 3.49. The normalized spacial score (nSPS) is 12.9. The molecule has 0 unspecified atom stereocenters. The topological polar surface area (TPSA) is 76.5 Å². The maximum atomic E-state index is 12.7. The first kappa shape index (κ1) is 19.7. The monoisotopic (exact) mass is 404 g/mol.